The van der Waals surface area contributed by atoms with Gasteiger partial charge in [0.1, 0.15) is 5.01 Å². The largest absolute Gasteiger partial charge is 0.381 e. The van der Waals surface area contributed by atoms with Crippen LogP contribution in [0.15, 0.2) is 18.2 Å². The summed E-state index contributed by atoms with van der Waals surface area (Å²) in [6, 6.07) is 4.73. The van der Waals surface area contributed by atoms with Gasteiger partial charge in [0.05, 0.1) is 17.2 Å². The molecular weight excluding hydrogens is 333 g/mol. The lowest BCUT2D eigenvalue weighted by Crippen LogP contribution is -2.12. The summed E-state index contributed by atoms with van der Waals surface area (Å²) in [7, 11) is 0. The fraction of sp³-hybridized carbons (Fsp3) is 0.308. The normalized spacial score (nSPS) is 17.9. The molecule has 0 radical (unpaired) electrons. The van der Waals surface area contributed by atoms with Gasteiger partial charge in [-0.25, -0.2) is 0 Å². The van der Waals surface area contributed by atoms with Crippen LogP contribution in [0, 0.1) is 0 Å². The maximum Gasteiger partial charge on any atom is 0.259 e. The van der Waals surface area contributed by atoms with E-state index in [1.54, 1.807) is 12.1 Å². The summed E-state index contributed by atoms with van der Waals surface area (Å²) in [6.07, 6.45) is 0.933. The van der Waals surface area contributed by atoms with Crippen molar-refractivity contribution in [2.24, 2.45) is 0 Å². The van der Waals surface area contributed by atoms with Gasteiger partial charge in [-0.3, -0.25) is 10.1 Å². The quantitative estimate of drug-likeness (QED) is 0.924. The van der Waals surface area contributed by atoms with Crippen LogP contribution in [-0.2, 0) is 4.74 Å². The number of ether oxygens (including phenoxy) is 1. The predicted octanol–water partition coefficient (Wildman–Crippen LogP) is 3.60. The van der Waals surface area contributed by atoms with Gasteiger partial charge >= 0.3 is 0 Å². The molecule has 1 amide bonds. The summed E-state index contributed by atoms with van der Waals surface area (Å²) in [6.45, 7) is 1.40. The molecule has 3 rings (SSSR count). The molecule has 1 aromatic heterocycles. The second-order valence-corrected chi connectivity index (χ2v) is 6.44. The summed E-state index contributed by atoms with van der Waals surface area (Å²) in [5.41, 5.74) is 0.310. The highest BCUT2D eigenvalue weighted by Crippen LogP contribution is 2.30. The van der Waals surface area contributed by atoms with Gasteiger partial charge in [-0.05, 0) is 24.6 Å². The summed E-state index contributed by atoms with van der Waals surface area (Å²) in [4.78, 5) is 12.2. The van der Waals surface area contributed by atoms with E-state index in [-0.39, 0.29) is 11.8 Å². The van der Waals surface area contributed by atoms with Crippen LogP contribution in [0.25, 0.3) is 0 Å². The van der Waals surface area contributed by atoms with Crippen LogP contribution >= 0.6 is 34.5 Å². The zero-order valence-electron chi connectivity index (χ0n) is 10.8. The molecular formula is C13H11Cl2N3O2S. The third-order valence-corrected chi connectivity index (χ3v) is 4.68. The number of aromatic nitrogens is 2. The lowest BCUT2D eigenvalue weighted by atomic mass is 10.1. The maximum absolute atomic E-state index is 12.2. The van der Waals surface area contributed by atoms with Crippen LogP contribution in [0.4, 0.5) is 5.13 Å². The maximum atomic E-state index is 12.2. The third kappa shape index (κ3) is 3.35. The molecule has 110 valence electrons. The molecule has 1 aliphatic rings. The molecule has 8 heteroatoms. The minimum atomic E-state index is -0.354. The zero-order valence-corrected chi connectivity index (χ0v) is 13.1. The number of nitrogens with one attached hydrogen (secondary N) is 1. The highest BCUT2D eigenvalue weighted by molar-refractivity contribution is 7.15. The molecule has 1 atom stereocenters. The number of hydrogen-bond donors (Lipinski definition) is 1. The Kier molecular flexibility index (Phi) is 4.40. The minimum absolute atomic E-state index is 0.267. The van der Waals surface area contributed by atoms with Crippen molar-refractivity contribution in [3.63, 3.8) is 0 Å². The summed E-state index contributed by atoms with van der Waals surface area (Å²) >= 11 is 13.2. The first kappa shape index (κ1) is 14.7. The van der Waals surface area contributed by atoms with E-state index in [2.05, 4.69) is 15.5 Å². The van der Waals surface area contributed by atoms with Crippen molar-refractivity contribution in [2.75, 3.05) is 18.5 Å². The number of benzene rings is 1. The third-order valence-electron chi connectivity index (χ3n) is 3.11. The first-order chi connectivity index (χ1) is 10.1. The summed E-state index contributed by atoms with van der Waals surface area (Å²) < 4.78 is 5.32. The Morgan fingerprint density at radius 1 is 1.38 bits per heavy atom. The van der Waals surface area contributed by atoms with Crippen molar-refractivity contribution >= 4 is 45.6 Å². The van der Waals surface area contributed by atoms with Gasteiger partial charge in [0.2, 0.25) is 5.13 Å². The number of carbonyl (C=O) groups is 1. The van der Waals surface area contributed by atoms with E-state index in [1.165, 1.54) is 17.4 Å². The molecule has 21 heavy (non-hydrogen) atoms. The number of hydrogen-bond acceptors (Lipinski definition) is 5. The average molecular weight is 344 g/mol. The van der Waals surface area contributed by atoms with Crippen LogP contribution in [0.3, 0.4) is 0 Å². The van der Waals surface area contributed by atoms with Gasteiger partial charge in [0, 0.05) is 17.5 Å². The van der Waals surface area contributed by atoms with Gasteiger partial charge in [0.15, 0.2) is 0 Å². The molecule has 0 bridgehead atoms. The molecule has 1 aromatic carbocycles. The number of carbonyl (C=O) groups excluding carboxylic acids is 1. The number of nitrogens with zero attached hydrogens (tertiary/aromatic N) is 2. The Balaban J connectivity index is 1.74. The SMILES string of the molecule is O=C(Nc1nnc(C2CCOC2)s1)c1cc(Cl)ccc1Cl. The van der Waals surface area contributed by atoms with E-state index in [4.69, 9.17) is 27.9 Å². The Morgan fingerprint density at radius 2 is 2.24 bits per heavy atom. The molecule has 5 nitrogen and oxygen atoms in total. The monoisotopic (exact) mass is 343 g/mol. The van der Waals surface area contributed by atoms with Crippen molar-refractivity contribution in [1.82, 2.24) is 10.2 Å². The van der Waals surface area contributed by atoms with Gasteiger partial charge in [-0.15, -0.1) is 10.2 Å². The molecule has 2 aromatic rings. The number of halogens is 2. The van der Waals surface area contributed by atoms with Crippen molar-refractivity contribution in [2.45, 2.75) is 12.3 Å². The fourth-order valence-corrected chi connectivity index (χ4v) is 3.25. The average Bonchev–Trinajstić information content (AvgIpc) is 3.11. The highest BCUT2D eigenvalue weighted by Gasteiger charge is 2.22. The van der Waals surface area contributed by atoms with Crippen LogP contribution in [0.1, 0.15) is 27.7 Å². The van der Waals surface area contributed by atoms with E-state index < -0.39 is 0 Å². The molecule has 1 N–H and O–H groups in total. The lowest BCUT2D eigenvalue weighted by Gasteiger charge is -2.04. The predicted molar refractivity (Wildman–Crippen MR) is 82.5 cm³/mol. The zero-order chi connectivity index (χ0) is 14.8. The van der Waals surface area contributed by atoms with Crippen LogP contribution in [-0.4, -0.2) is 29.3 Å². The minimum Gasteiger partial charge on any atom is -0.381 e. The molecule has 2 heterocycles. The van der Waals surface area contributed by atoms with Crippen LogP contribution in [0.2, 0.25) is 10.0 Å². The van der Waals surface area contributed by atoms with Gasteiger partial charge in [-0.1, -0.05) is 34.5 Å². The van der Waals surface area contributed by atoms with Crippen LogP contribution < -0.4 is 5.32 Å². The standard InChI is InChI=1S/C13H11Cl2N3O2S/c14-8-1-2-10(15)9(5-8)11(19)16-13-18-17-12(21-13)7-3-4-20-6-7/h1-2,5,7H,3-4,6H2,(H,16,18,19). The Bertz CT molecular complexity index is 671. The van der Waals surface area contributed by atoms with E-state index in [0.29, 0.717) is 27.3 Å². The molecule has 0 aliphatic carbocycles. The van der Waals surface area contributed by atoms with Crippen molar-refractivity contribution in [1.29, 1.82) is 0 Å². The van der Waals surface area contributed by atoms with Crippen molar-refractivity contribution < 1.29 is 9.53 Å². The summed E-state index contributed by atoms with van der Waals surface area (Å²) in [5.74, 6) is -0.0872. The Hall–Kier alpha value is -1.21. The summed E-state index contributed by atoms with van der Waals surface area (Å²) in [5, 5.41) is 12.9. The van der Waals surface area contributed by atoms with Gasteiger partial charge in [-0.2, -0.15) is 0 Å². The van der Waals surface area contributed by atoms with E-state index in [9.17, 15) is 4.79 Å². The second kappa shape index (κ2) is 6.27. The van der Waals surface area contributed by atoms with E-state index in [0.717, 1.165) is 18.0 Å². The van der Waals surface area contributed by atoms with Crippen molar-refractivity contribution in [3.05, 3.63) is 38.8 Å². The van der Waals surface area contributed by atoms with Crippen LogP contribution in [0.5, 0.6) is 0 Å². The smallest absolute Gasteiger partial charge is 0.259 e. The van der Waals surface area contributed by atoms with Gasteiger partial charge in [0.25, 0.3) is 5.91 Å². The molecule has 0 spiro atoms. The topological polar surface area (TPSA) is 64.1 Å². The lowest BCUT2D eigenvalue weighted by molar-refractivity contribution is 0.102. The van der Waals surface area contributed by atoms with E-state index >= 15 is 0 Å². The molecule has 1 saturated heterocycles. The Labute approximate surface area is 135 Å². The first-order valence-corrected chi connectivity index (χ1v) is 7.88. The fourth-order valence-electron chi connectivity index (χ4n) is 2.02. The number of rotatable bonds is 3. The van der Waals surface area contributed by atoms with Crippen molar-refractivity contribution in [3.8, 4) is 0 Å². The van der Waals surface area contributed by atoms with Gasteiger partial charge < -0.3 is 4.74 Å². The first-order valence-electron chi connectivity index (χ1n) is 6.31. The molecule has 1 fully saturated rings. The molecule has 0 saturated carbocycles. The van der Waals surface area contributed by atoms with E-state index in [1.807, 2.05) is 0 Å². The number of anilines is 1. The Morgan fingerprint density at radius 3 is 3.00 bits per heavy atom. The molecule has 1 aliphatic heterocycles. The number of amides is 1. The second-order valence-electron chi connectivity index (χ2n) is 4.58. The highest BCUT2D eigenvalue weighted by atomic mass is 35.5. The molecule has 1 unspecified atom stereocenters.